The lowest BCUT2D eigenvalue weighted by Gasteiger charge is -2.09. The van der Waals surface area contributed by atoms with E-state index < -0.39 is 0 Å². The second-order valence-electron chi connectivity index (χ2n) is 3.43. The van der Waals surface area contributed by atoms with Crippen molar-refractivity contribution in [2.75, 3.05) is 6.54 Å². The zero-order valence-corrected chi connectivity index (χ0v) is 7.25. The van der Waals surface area contributed by atoms with Crippen molar-refractivity contribution in [2.24, 2.45) is 5.73 Å². The first-order valence-electron chi connectivity index (χ1n) is 4.65. The highest BCUT2D eigenvalue weighted by Gasteiger charge is 2.24. The monoisotopic (exact) mass is 165 g/mol. The Labute approximate surface area is 73.1 Å². The summed E-state index contributed by atoms with van der Waals surface area (Å²) < 4.78 is 5.72. The van der Waals surface area contributed by atoms with Gasteiger partial charge in [-0.05, 0) is 37.5 Å². The molecule has 1 unspecified atom stereocenters. The summed E-state index contributed by atoms with van der Waals surface area (Å²) >= 11 is 0. The van der Waals surface area contributed by atoms with Crippen LogP contribution in [0.25, 0.3) is 0 Å². The van der Waals surface area contributed by atoms with E-state index in [1.165, 1.54) is 18.4 Å². The summed E-state index contributed by atoms with van der Waals surface area (Å²) in [7, 11) is 0. The van der Waals surface area contributed by atoms with Gasteiger partial charge in [0, 0.05) is 6.42 Å². The van der Waals surface area contributed by atoms with Crippen LogP contribution in [-0.2, 0) is 4.74 Å². The molecule has 1 heterocycles. The van der Waals surface area contributed by atoms with Crippen LogP contribution in [0.5, 0.6) is 0 Å². The van der Waals surface area contributed by atoms with Crippen molar-refractivity contribution < 1.29 is 4.74 Å². The van der Waals surface area contributed by atoms with Gasteiger partial charge in [-0.1, -0.05) is 6.08 Å². The highest BCUT2D eigenvalue weighted by atomic mass is 16.5. The molecule has 0 saturated carbocycles. The Morgan fingerprint density at radius 2 is 2.50 bits per heavy atom. The molecule has 0 amide bonds. The Bertz CT molecular complexity index is 230. The Balaban J connectivity index is 1.98. The van der Waals surface area contributed by atoms with E-state index in [0.29, 0.717) is 6.10 Å². The second-order valence-corrected chi connectivity index (χ2v) is 3.43. The SMILES string of the molecule is NCCC1CC2=C(C=CCC2)O1. The van der Waals surface area contributed by atoms with Crippen LogP contribution in [0.1, 0.15) is 25.7 Å². The van der Waals surface area contributed by atoms with Crippen molar-refractivity contribution in [3.8, 4) is 0 Å². The average molecular weight is 165 g/mol. The Hall–Kier alpha value is -0.760. The van der Waals surface area contributed by atoms with E-state index in [0.717, 1.165) is 25.1 Å². The molecule has 1 aliphatic carbocycles. The van der Waals surface area contributed by atoms with Crippen molar-refractivity contribution in [3.05, 3.63) is 23.5 Å². The van der Waals surface area contributed by atoms with E-state index in [1.54, 1.807) is 0 Å². The second kappa shape index (κ2) is 3.31. The summed E-state index contributed by atoms with van der Waals surface area (Å²) in [5.74, 6) is 1.12. The maximum Gasteiger partial charge on any atom is 0.118 e. The zero-order chi connectivity index (χ0) is 8.39. The van der Waals surface area contributed by atoms with E-state index in [9.17, 15) is 0 Å². The maximum atomic E-state index is 5.72. The van der Waals surface area contributed by atoms with Crippen molar-refractivity contribution in [2.45, 2.75) is 31.8 Å². The zero-order valence-electron chi connectivity index (χ0n) is 7.25. The molecule has 2 nitrogen and oxygen atoms in total. The normalized spacial score (nSPS) is 27.2. The molecule has 12 heavy (non-hydrogen) atoms. The van der Waals surface area contributed by atoms with E-state index in [2.05, 4.69) is 12.2 Å². The summed E-state index contributed by atoms with van der Waals surface area (Å²) in [6.07, 6.45) is 9.11. The van der Waals surface area contributed by atoms with Crippen LogP contribution in [0.2, 0.25) is 0 Å². The largest absolute Gasteiger partial charge is 0.490 e. The van der Waals surface area contributed by atoms with Crippen LogP contribution >= 0.6 is 0 Å². The topological polar surface area (TPSA) is 35.2 Å². The summed E-state index contributed by atoms with van der Waals surface area (Å²) in [6, 6.07) is 0. The molecule has 0 bridgehead atoms. The van der Waals surface area contributed by atoms with Crippen LogP contribution in [0.4, 0.5) is 0 Å². The molecular formula is C10H15NO. The van der Waals surface area contributed by atoms with Gasteiger partial charge >= 0.3 is 0 Å². The van der Waals surface area contributed by atoms with E-state index in [-0.39, 0.29) is 0 Å². The van der Waals surface area contributed by atoms with Gasteiger partial charge in [-0.25, -0.2) is 0 Å². The number of ether oxygens (including phenoxy) is 1. The predicted molar refractivity (Wildman–Crippen MR) is 48.6 cm³/mol. The number of hydrogen-bond donors (Lipinski definition) is 1. The van der Waals surface area contributed by atoms with Gasteiger partial charge in [0.1, 0.15) is 11.9 Å². The number of allylic oxidation sites excluding steroid dienone is 2. The van der Waals surface area contributed by atoms with Gasteiger partial charge in [-0.3, -0.25) is 0 Å². The fourth-order valence-corrected chi connectivity index (χ4v) is 1.86. The third-order valence-corrected chi connectivity index (χ3v) is 2.49. The molecule has 0 aromatic carbocycles. The molecule has 2 heteroatoms. The molecule has 66 valence electrons. The summed E-state index contributed by atoms with van der Waals surface area (Å²) in [4.78, 5) is 0. The lowest BCUT2D eigenvalue weighted by atomic mass is 10.00. The quantitative estimate of drug-likeness (QED) is 0.676. The summed E-state index contributed by atoms with van der Waals surface area (Å²) in [5, 5.41) is 0. The third kappa shape index (κ3) is 1.39. The molecule has 0 fully saturated rings. The van der Waals surface area contributed by atoms with Gasteiger partial charge in [0.25, 0.3) is 0 Å². The molecule has 0 radical (unpaired) electrons. The summed E-state index contributed by atoms with van der Waals surface area (Å²) in [6.45, 7) is 0.731. The van der Waals surface area contributed by atoms with Crippen LogP contribution in [0.3, 0.4) is 0 Å². The van der Waals surface area contributed by atoms with Crippen molar-refractivity contribution in [3.63, 3.8) is 0 Å². The lowest BCUT2D eigenvalue weighted by Crippen LogP contribution is -2.12. The van der Waals surface area contributed by atoms with E-state index in [4.69, 9.17) is 10.5 Å². The minimum atomic E-state index is 0.364. The average Bonchev–Trinajstić information content (AvgIpc) is 2.47. The number of nitrogens with two attached hydrogens (primary N) is 1. The Kier molecular flexibility index (Phi) is 2.17. The minimum Gasteiger partial charge on any atom is -0.490 e. The molecule has 1 aliphatic heterocycles. The van der Waals surface area contributed by atoms with Gasteiger partial charge in [-0.2, -0.15) is 0 Å². The molecule has 2 rings (SSSR count). The third-order valence-electron chi connectivity index (χ3n) is 2.49. The van der Waals surface area contributed by atoms with Crippen molar-refractivity contribution in [1.29, 1.82) is 0 Å². The molecule has 1 atom stereocenters. The van der Waals surface area contributed by atoms with Gasteiger partial charge in [0.2, 0.25) is 0 Å². The number of hydrogen-bond acceptors (Lipinski definition) is 2. The molecule has 0 saturated heterocycles. The van der Waals surface area contributed by atoms with Crippen molar-refractivity contribution >= 4 is 0 Å². The van der Waals surface area contributed by atoms with Crippen LogP contribution in [-0.4, -0.2) is 12.6 Å². The highest BCUT2D eigenvalue weighted by Crippen LogP contribution is 2.33. The molecule has 0 spiro atoms. The standard InChI is InChI=1S/C10H15NO/c11-6-5-9-7-8-3-1-2-4-10(8)12-9/h2,4,9H,1,3,5-7,11H2. The summed E-state index contributed by atoms with van der Waals surface area (Å²) in [5.41, 5.74) is 6.98. The van der Waals surface area contributed by atoms with E-state index in [1.807, 2.05) is 0 Å². The highest BCUT2D eigenvalue weighted by molar-refractivity contribution is 5.28. The first-order valence-corrected chi connectivity index (χ1v) is 4.65. The molecule has 0 aromatic heterocycles. The fraction of sp³-hybridized carbons (Fsp3) is 0.600. The maximum absolute atomic E-state index is 5.72. The first-order chi connectivity index (χ1) is 5.90. The van der Waals surface area contributed by atoms with Gasteiger partial charge < -0.3 is 10.5 Å². The Morgan fingerprint density at radius 1 is 1.58 bits per heavy atom. The predicted octanol–water partition coefficient (Wildman–Crippen LogP) is 1.73. The minimum absolute atomic E-state index is 0.364. The van der Waals surface area contributed by atoms with Crippen LogP contribution < -0.4 is 5.73 Å². The van der Waals surface area contributed by atoms with E-state index >= 15 is 0 Å². The lowest BCUT2D eigenvalue weighted by molar-refractivity contribution is 0.146. The van der Waals surface area contributed by atoms with Gasteiger partial charge in [0.05, 0.1) is 0 Å². The molecule has 2 aliphatic rings. The van der Waals surface area contributed by atoms with Gasteiger partial charge in [-0.15, -0.1) is 0 Å². The number of rotatable bonds is 2. The van der Waals surface area contributed by atoms with Gasteiger partial charge in [0.15, 0.2) is 0 Å². The molecule has 2 N–H and O–H groups in total. The first kappa shape index (κ1) is 7.87. The van der Waals surface area contributed by atoms with Crippen LogP contribution in [0.15, 0.2) is 23.5 Å². The van der Waals surface area contributed by atoms with Crippen LogP contribution in [0, 0.1) is 0 Å². The Morgan fingerprint density at radius 3 is 3.25 bits per heavy atom. The smallest absolute Gasteiger partial charge is 0.118 e. The van der Waals surface area contributed by atoms with Crippen molar-refractivity contribution in [1.82, 2.24) is 0 Å². The molecular weight excluding hydrogens is 150 g/mol. The fourth-order valence-electron chi connectivity index (χ4n) is 1.86. The molecule has 0 aromatic rings.